The Morgan fingerprint density at radius 2 is 1.93 bits per heavy atom. The molecule has 8 nitrogen and oxygen atoms in total. The highest BCUT2D eigenvalue weighted by Gasteiger charge is 2.31. The number of rotatable bonds is 8. The van der Waals surface area contributed by atoms with Gasteiger partial charge in [-0.25, -0.2) is 16.8 Å². The quantitative estimate of drug-likeness (QED) is 0.531. The van der Waals surface area contributed by atoms with Gasteiger partial charge in [0.1, 0.15) is 12.4 Å². The van der Waals surface area contributed by atoms with E-state index in [0.717, 1.165) is 0 Å². The first-order valence-corrected chi connectivity index (χ1v) is 12.8. The van der Waals surface area contributed by atoms with Gasteiger partial charge >= 0.3 is 0 Å². The van der Waals surface area contributed by atoms with Crippen LogP contribution in [0.25, 0.3) is 0 Å². The number of nitrogens with zero attached hydrogens (tertiary/aromatic N) is 2. The van der Waals surface area contributed by atoms with E-state index in [-0.39, 0.29) is 22.4 Å². The van der Waals surface area contributed by atoms with Crippen molar-refractivity contribution >= 4 is 19.9 Å². The molecule has 0 bridgehead atoms. The van der Waals surface area contributed by atoms with Gasteiger partial charge in [-0.15, -0.1) is 6.42 Å². The van der Waals surface area contributed by atoms with Crippen LogP contribution in [0.3, 0.4) is 0 Å². The zero-order chi connectivity index (χ0) is 20.9. The van der Waals surface area contributed by atoms with Crippen molar-refractivity contribution in [3.8, 4) is 18.1 Å². The van der Waals surface area contributed by atoms with Crippen molar-refractivity contribution in [2.45, 2.75) is 17.4 Å². The number of morpholine rings is 1. The molecule has 2 fully saturated rings. The summed E-state index contributed by atoms with van der Waals surface area (Å²) >= 11 is 0. The average Bonchev–Trinajstić information content (AvgIpc) is 3.08. The minimum absolute atomic E-state index is 0.0827. The van der Waals surface area contributed by atoms with Crippen molar-refractivity contribution in [1.29, 1.82) is 0 Å². The topological polar surface area (TPSA) is 93.2 Å². The van der Waals surface area contributed by atoms with E-state index in [0.29, 0.717) is 58.2 Å². The van der Waals surface area contributed by atoms with E-state index in [1.54, 1.807) is 12.1 Å². The van der Waals surface area contributed by atoms with Crippen molar-refractivity contribution in [2.24, 2.45) is 0 Å². The van der Waals surface area contributed by atoms with Crippen LogP contribution in [0.5, 0.6) is 5.75 Å². The van der Waals surface area contributed by atoms with Gasteiger partial charge in [-0.1, -0.05) is 5.92 Å². The summed E-state index contributed by atoms with van der Waals surface area (Å²) in [5.74, 6) is 3.44. The van der Waals surface area contributed by atoms with Crippen LogP contribution in [0.15, 0.2) is 29.2 Å². The highest BCUT2D eigenvalue weighted by atomic mass is 32.2. The number of ether oxygens (including phenoxy) is 2. The maximum absolute atomic E-state index is 12.6. The molecule has 1 aromatic carbocycles. The van der Waals surface area contributed by atoms with Crippen LogP contribution >= 0.6 is 0 Å². The number of benzene rings is 1. The summed E-state index contributed by atoms with van der Waals surface area (Å²) in [6.45, 7) is 2.69. The van der Waals surface area contributed by atoms with Crippen LogP contribution in [0.4, 0.5) is 0 Å². The fourth-order valence-electron chi connectivity index (χ4n) is 3.50. The van der Waals surface area contributed by atoms with E-state index >= 15 is 0 Å². The zero-order valence-corrected chi connectivity index (χ0v) is 17.8. The first kappa shape index (κ1) is 22.1. The Morgan fingerprint density at radius 3 is 2.52 bits per heavy atom. The summed E-state index contributed by atoms with van der Waals surface area (Å²) in [6, 6.07) is 6.23. The molecule has 2 heterocycles. The third kappa shape index (κ3) is 5.71. The van der Waals surface area contributed by atoms with Crippen LogP contribution in [0.2, 0.25) is 0 Å². The molecule has 0 spiro atoms. The van der Waals surface area contributed by atoms with Crippen LogP contribution in [0, 0.1) is 12.3 Å². The fourth-order valence-corrected chi connectivity index (χ4v) is 6.67. The number of sulfone groups is 1. The Labute approximate surface area is 172 Å². The first-order chi connectivity index (χ1) is 13.8. The number of hydrogen-bond acceptors (Lipinski definition) is 7. The van der Waals surface area contributed by atoms with Gasteiger partial charge in [0.05, 0.1) is 36.2 Å². The predicted octanol–water partition coefficient (Wildman–Crippen LogP) is 0.209. The van der Waals surface area contributed by atoms with Crippen molar-refractivity contribution in [3.05, 3.63) is 24.3 Å². The SMILES string of the molecule is C#CCN(CCOc1ccc(S(=O)(=O)N2CCOCC2)cc1)C1CCS(=O)(=O)C1. The maximum atomic E-state index is 12.6. The summed E-state index contributed by atoms with van der Waals surface area (Å²) in [5, 5.41) is 0. The molecule has 2 saturated heterocycles. The summed E-state index contributed by atoms with van der Waals surface area (Å²) in [6.07, 6.45) is 6.00. The Balaban J connectivity index is 1.55. The molecule has 2 aliphatic heterocycles. The molecule has 0 aromatic heterocycles. The lowest BCUT2D eigenvalue weighted by atomic mass is 10.2. The Hall–Kier alpha value is -1.64. The number of hydrogen-bond donors (Lipinski definition) is 0. The average molecular weight is 443 g/mol. The lowest BCUT2D eigenvalue weighted by Crippen LogP contribution is -2.40. The second kappa shape index (κ2) is 9.45. The van der Waals surface area contributed by atoms with Gasteiger partial charge < -0.3 is 9.47 Å². The normalized spacial score (nSPS) is 22.4. The highest BCUT2D eigenvalue weighted by Crippen LogP contribution is 2.21. The molecule has 1 unspecified atom stereocenters. The Bertz CT molecular complexity index is 932. The van der Waals surface area contributed by atoms with E-state index in [2.05, 4.69) is 5.92 Å². The molecule has 1 aromatic rings. The second-order valence-electron chi connectivity index (χ2n) is 7.07. The van der Waals surface area contributed by atoms with Crippen molar-refractivity contribution in [3.63, 3.8) is 0 Å². The smallest absolute Gasteiger partial charge is 0.243 e. The molecule has 0 aliphatic carbocycles. The second-order valence-corrected chi connectivity index (χ2v) is 11.2. The molecule has 1 atom stereocenters. The molecular weight excluding hydrogens is 416 g/mol. The van der Waals surface area contributed by atoms with Crippen LogP contribution < -0.4 is 4.74 Å². The monoisotopic (exact) mass is 442 g/mol. The van der Waals surface area contributed by atoms with Gasteiger partial charge in [0.15, 0.2) is 9.84 Å². The van der Waals surface area contributed by atoms with E-state index in [1.165, 1.54) is 16.4 Å². The fraction of sp³-hybridized carbons (Fsp3) is 0.579. The van der Waals surface area contributed by atoms with Crippen molar-refractivity contribution in [1.82, 2.24) is 9.21 Å². The predicted molar refractivity (Wildman–Crippen MR) is 109 cm³/mol. The van der Waals surface area contributed by atoms with Crippen molar-refractivity contribution in [2.75, 3.05) is 57.5 Å². The molecule has 29 heavy (non-hydrogen) atoms. The summed E-state index contributed by atoms with van der Waals surface area (Å²) in [7, 11) is -6.52. The van der Waals surface area contributed by atoms with E-state index in [1.807, 2.05) is 4.90 Å². The molecule has 0 radical (unpaired) electrons. The first-order valence-electron chi connectivity index (χ1n) is 9.50. The number of terminal acetylenes is 1. The van der Waals surface area contributed by atoms with Crippen LogP contribution in [-0.2, 0) is 24.6 Å². The number of sulfonamides is 1. The summed E-state index contributed by atoms with van der Waals surface area (Å²) < 4.78 is 61.0. The van der Waals surface area contributed by atoms with Crippen molar-refractivity contribution < 1.29 is 26.3 Å². The van der Waals surface area contributed by atoms with Gasteiger partial charge in [0, 0.05) is 25.7 Å². The minimum Gasteiger partial charge on any atom is -0.492 e. The van der Waals surface area contributed by atoms with Gasteiger partial charge in [-0.2, -0.15) is 4.31 Å². The minimum atomic E-state index is -3.53. The molecule has 3 rings (SSSR count). The van der Waals surface area contributed by atoms with E-state index in [4.69, 9.17) is 15.9 Å². The molecule has 0 N–H and O–H groups in total. The lowest BCUT2D eigenvalue weighted by molar-refractivity contribution is 0.0730. The lowest BCUT2D eigenvalue weighted by Gasteiger charge is -2.26. The van der Waals surface area contributed by atoms with Crippen LogP contribution in [0.1, 0.15) is 6.42 Å². The van der Waals surface area contributed by atoms with Gasteiger partial charge in [0.2, 0.25) is 10.0 Å². The summed E-state index contributed by atoms with van der Waals surface area (Å²) in [4.78, 5) is 2.17. The third-order valence-corrected chi connectivity index (χ3v) is 8.76. The molecule has 0 saturated carbocycles. The van der Waals surface area contributed by atoms with Crippen LogP contribution in [-0.4, -0.2) is 89.6 Å². The highest BCUT2D eigenvalue weighted by molar-refractivity contribution is 7.91. The zero-order valence-electron chi connectivity index (χ0n) is 16.2. The molecular formula is C19H26N2O6S2. The maximum Gasteiger partial charge on any atom is 0.243 e. The van der Waals surface area contributed by atoms with E-state index < -0.39 is 19.9 Å². The van der Waals surface area contributed by atoms with Gasteiger partial charge in [-0.05, 0) is 30.7 Å². The molecule has 2 aliphatic rings. The Kier molecular flexibility index (Phi) is 7.19. The standard InChI is InChI=1S/C19H26N2O6S2/c1-2-8-20(17-7-15-28(22,23)16-17)9-14-27-18-3-5-19(6-4-18)29(24,25)21-10-12-26-13-11-21/h1,3-6,17H,7-16H2. The third-order valence-electron chi connectivity index (χ3n) is 5.10. The van der Waals surface area contributed by atoms with Gasteiger partial charge in [0.25, 0.3) is 0 Å². The summed E-state index contributed by atoms with van der Waals surface area (Å²) in [5.41, 5.74) is 0. The Morgan fingerprint density at radius 1 is 1.24 bits per heavy atom. The van der Waals surface area contributed by atoms with E-state index in [9.17, 15) is 16.8 Å². The molecule has 0 amide bonds. The molecule has 10 heteroatoms. The van der Waals surface area contributed by atoms with Gasteiger partial charge in [-0.3, -0.25) is 4.90 Å². The largest absolute Gasteiger partial charge is 0.492 e. The molecule has 160 valence electrons.